The number of rotatable bonds is 5. The highest BCUT2D eigenvalue weighted by Gasteiger charge is 2.15. The van der Waals surface area contributed by atoms with E-state index in [0.29, 0.717) is 6.54 Å². The second kappa shape index (κ2) is 7.87. The predicted octanol–water partition coefficient (Wildman–Crippen LogP) is 4.77. The van der Waals surface area contributed by atoms with Crippen molar-refractivity contribution in [1.82, 2.24) is 14.9 Å². The molecule has 0 fully saturated rings. The summed E-state index contributed by atoms with van der Waals surface area (Å²) >= 11 is 0. The Bertz CT molecular complexity index is 1200. The fourth-order valence-electron chi connectivity index (χ4n) is 3.48. The van der Waals surface area contributed by atoms with Crippen molar-refractivity contribution in [2.24, 2.45) is 0 Å². The molecule has 1 heterocycles. The quantitative estimate of drug-likeness (QED) is 0.536. The van der Waals surface area contributed by atoms with E-state index in [2.05, 4.69) is 41.9 Å². The van der Waals surface area contributed by atoms with Gasteiger partial charge in [0.2, 0.25) is 0 Å². The summed E-state index contributed by atoms with van der Waals surface area (Å²) in [4.78, 5) is 17.1. The predicted molar refractivity (Wildman–Crippen MR) is 112 cm³/mol. The Kier molecular flexibility index (Phi) is 5.12. The molecule has 0 unspecified atom stereocenters. The lowest BCUT2D eigenvalue weighted by Crippen LogP contribution is -2.25. The second-order valence-corrected chi connectivity index (χ2v) is 7.20. The molecule has 29 heavy (non-hydrogen) atoms. The van der Waals surface area contributed by atoms with Crippen molar-refractivity contribution in [1.29, 1.82) is 0 Å². The number of carbonyl (C=O) groups excluding carboxylic acids is 1. The largest absolute Gasteiger partial charge is 0.345 e. The minimum atomic E-state index is -0.533. The standard InChI is InChI=1S/C24H22FN3O/c1-16-11-12-17(2)18(13-16)15-28-22-10-6-5-9-21(22)27-23(28)14-26-24(29)19-7-3-4-8-20(19)25/h3-13H,14-15H2,1-2H3,(H,26,29). The highest BCUT2D eigenvalue weighted by atomic mass is 19.1. The van der Waals surface area contributed by atoms with Crippen LogP contribution in [0.1, 0.15) is 32.9 Å². The van der Waals surface area contributed by atoms with Crippen LogP contribution in [0.15, 0.2) is 66.7 Å². The van der Waals surface area contributed by atoms with Gasteiger partial charge in [0.15, 0.2) is 0 Å². The van der Waals surface area contributed by atoms with Crippen LogP contribution in [-0.2, 0) is 13.1 Å². The van der Waals surface area contributed by atoms with Crippen LogP contribution >= 0.6 is 0 Å². The summed E-state index contributed by atoms with van der Waals surface area (Å²) < 4.78 is 16.0. The van der Waals surface area contributed by atoms with E-state index >= 15 is 0 Å². The number of halogens is 1. The number of hydrogen-bond donors (Lipinski definition) is 1. The van der Waals surface area contributed by atoms with Gasteiger partial charge in [0.25, 0.3) is 5.91 Å². The lowest BCUT2D eigenvalue weighted by atomic mass is 10.1. The number of aryl methyl sites for hydroxylation is 2. The number of benzene rings is 3. The molecule has 1 amide bonds. The van der Waals surface area contributed by atoms with E-state index < -0.39 is 11.7 Å². The van der Waals surface area contributed by atoms with Crippen LogP contribution in [0.25, 0.3) is 11.0 Å². The molecule has 0 bridgehead atoms. The molecule has 0 aliphatic rings. The molecule has 5 heteroatoms. The van der Waals surface area contributed by atoms with Crippen LogP contribution in [0.5, 0.6) is 0 Å². The smallest absolute Gasteiger partial charge is 0.254 e. The van der Waals surface area contributed by atoms with E-state index in [1.165, 1.54) is 28.8 Å². The molecule has 1 N–H and O–H groups in total. The highest BCUT2D eigenvalue weighted by Crippen LogP contribution is 2.20. The van der Waals surface area contributed by atoms with Crippen molar-refractivity contribution in [2.45, 2.75) is 26.9 Å². The number of para-hydroxylation sites is 2. The average molecular weight is 387 g/mol. The van der Waals surface area contributed by atoms with E-state index in [1.54, 1.807) is 12.1 Å². The summed E-state index contributed by atoms with van der Waals surface area (Å²) in [5, 5.41) is 2.81. The third-order valence-corrected chi connectivity index (χ3v) is 5.09. The Morgan fingerprint density at radius 1 is 1.03 bits per heavy atom. The van der Waals surface area contributed by atoms with Crippen LogP contribution < -0.4 is 5.32 Å². The number of nitrogens with zero attached hydrogens (tertiary/aromatic N) is 2. The Hall–Kier alpha value is -3.47. The van der Waals surface area contributed by atoms with Crippen molar-refractivity contribution < 1.29 is 9.18 Å². The molecule has 0 saturated carbocycles. The summed E-state index contributed by atoms with van der Waals surface area (Å²) in [6.45, 7) is 5.03. The van der Waals surface area contributed by atoms with Gasteiger partial charge in [-0.2, -0.15) is 0 Å². The number of hydrogen-bond acceptors (Lipinski definition) is 2. The summed E-state index contributed by atoms with van der Waals surface area (Å²) in [5.41, 5.74) is 5.51. The van der Waals surface area contributed by atoms with Crippen LogP contribution in [-0.4, -0.2) is 15.5 Å². The van der Waals surface area contributed by atoms with Crippen LogP contribution in [0, 0.1) is 19.7 Å². The van der Waals surface area contributed by atoms with Gasteiger partial charge in [0.05, 0.1) is 23.1 Å². The van der Waals surface area contributed by atoms with Crippen molar-refractivity contribution in [2.75, 3.05) is 0 Å². The van der Waals surface area contributed by atoms with Gasteiger partial charge < -0.3 is 9.88 Å². The molecule has 3 aromatic carbocycles. The van der Waals surface area contributed by atoms with E-state index in [9.17, 15) is 9.18 Å². The number of fused-ring (bicyclic) bond motifs is 1. The highest BCUT2D eigenvalue weighted by molar-refractivity contribution is 5.94. The molecule has 0 aliphatic heterocycles. The molecule has 0 aliphatic carbocycles. The van der Waals surface area contributed by atoms with Gasteiger partial charge in [-0.25, -0.2) is 9.37 Å². The summed E-state index contributed by atoms with van der Waals surface area (Å²) in [6.07, 6.45) is 0. The molecular formula is C24H22FN3O. The van der Waals surface area contributed by atoms with Gasteiger partial charge in [-0.3, -0.25) is 4.79 Å². The van der Waals surface area contributed by atoms with Crippen LogP contribution in [0.4, 0.5) is 4.39 Å². The summed E-state index contributed by atoms with van der Waals surface area (Å²) in [5.74, 6) is -0.251. The maximum atomic E-state index is 13.9. The van der Waals surface area contributed by atoms with Gasteiger partial charge >= 0.3 is 0 Å². The third-order valence-electron chi connectivity index (χ3n) is 5.09. The molecule has 0 saturated heterocycles. The molecule has 0 spiro atoms. The van der Waals surface area contributed by atoms with Gasteiger partial charge in [-0.15, -0.1) is 0 Å². The zero-order valence-corrected chi connectivity index (χ0v) is 16.4. The first-order chi connectivity index (χ1) is 14.0. The first-order valence-electron chi connectivity index (χ1n) is 9.56. The number of nitrogens with one attached hydrogen (secondary N) is 1. The van der Waals surface area contributed by atoms with E-state index in [1.807, 2.05) is 24.3 Å². The monoisotopic (exact) mass is 387 g/mol. The molecule has 4 aromatic rings. The van der Waals surface area contributed by atoms with Crippen LogP contribution in [0.2, 0.25) is 0 Å². The van der Waals surface area contributed by atoms with Crippen molar-refractivity contribution in [3.8, 4) is 0 Å². The fourth-order valence-corrected chi connectivity index (χ4v) is 3.48. The molecule has 4 nitrogen and oxygen atoms in total. The molecule has 0 atom stereocenters. The summed E-state index contributed by atoms with van der Waals surface area (Å²) in [7, 11) is 0. The first kappa shape index (κ1) is 18.9. The second-order valence-electron chi connectivity index (χ2n) is 7.20. The lowest BCUT2D eigenvalue weighted by Gasteiger charge is -2.13. The van der Waals surface area contributed by atoms with Gasteiger partial charge in [-0.1, -0.05) is 48.0 Å². The minimum absolute atomic E-state index is 0.0321. The molecule has 1 aromatic heterocycles. The Balaban J connectivity index is 1.66. The van der Waals surface area contributed by atoms with Crippen molar-refractivity contribution in [3.05, 3.63) is 101 Å². The lowest BCUT2D eigenvalue weighted by molar-refractivity contribution is 0.0945. The maximum absolute atomic E-state index is 13.9. The van der Waals surface area contributed by atoms with Crippen LogP contribution in [0.3, 0.4) is 0 Å². The number of amides is 1. The number of aromatic nitrogens is 2. The van der Waals surface area contributed by atoms with Gasteiger partial charge in [0, 0.05) is 6.54 Å². The van der Waals surface area contributed by atoms with Gasteiger partial charge in [-0.05, 0) is 49.2 Å². The van der Waals surface area contributed by atoms with Crippen molar-refractivity contribution in [3.63, 3.8) is 0 Å². The topological polar surface area (TPSA) is 46.9 Å². The van der Waals surface area contributed by atoms with E-state index in [0.717, 1.165) is 16.9 Å². The Labute approximate surface area is 169 Å². The molecule has 146 valence electrons. The third kappa shape index (κ3) is 3.90. The van der Waals surface area contributed by atoms with Gasteiger partial charge in [0.1, 0.15) is 11.6 Å². The van der Waals surface area contributed by atoms with E-state index in [-0.39, 0.29) is 12.1 Å². The fraction of sp³-hybridized carbons (Fsp3) is 0.167. The van der Waals surface area contributed by atoms with Crippen molar-refractivity contribution >= 4 is 16.9 Å². The Morgan fingerprint density at radius 2 is 1.79 bits per heavy atom. The molecular weight excluding hydrogens is 365 g/mol. The zero-order chi connectivity index (χ0) is 20.4. The maximum Gasteiger partial charge on any atom is 0.254 e. The Morgan fingerprint density at radius 3 is 2.62 bits per heavy atom. The molecule has 0 radical (unpaired) electrons. The minimum Gasteiger partial charge on any atom is -0.345 e. The first-order valence-corrected chi connectivity index (χ1v) is 9.56. The number of carbonyl (C=O) groups is 1. The molecule has 4 rings (SSSR count). The average Bonchev–Trinajstić information content (AvgIpc) is 3.07. The summed E-state index contributed by atoms with van der Waals surface area (Å²) in [6, 6.07) is 20.3. The zero-order valence-electron chi connectivity index (χ0n) is 16.4. The SMILES string of the molecule is Cc1ccc(C)c(Cn2c(CNC(=O)c3ccccc3F)nc3ccccc32)c1. The number of imidazole rings is 1. The normalized spacial score (nSPS) is 11.0. The van der Waals surface area contributed by atoms with E-state index in [4.69, 9.17) is 4.98 Å².